The molecule has 1 atom stereocenters. The maximum Gasteiger partial charge on any atom is 0.278 e. The van der Waals surface area contributed by atoms with Crippen LogP contribution in [0.4, 0.5) is 11.4 Å². The van der Waals surface area contributed by atoms with Gasteiger partial charge in [0.25, 0.3) is 11.6 Å². The highest BCUT2D eigenvalue weighted by Gasteiger charge is 2.28. The number of pyridine rings is 2. The van der Waals surface area contributed by atoms with Crippen LogP contribution < -0.4 is 5.32 Å². The second kappa shape index (κ2) is 6.99. The molecule has 0 bridgehead atoms. The van der Waals surface area contributed by atoms with E-state index < -0.39 is 4.92 Å². The lowest BCUT2D eigenvalue weighted by molar-refractivity contribution is -0.383. The van der Waals surface area contributed by atoms with Gasteiger partial charge < -0.3 is 10.2 Å². The van der Waals surface area contributed by atoms with Crippen LogP contribution in [0.5, 0.6) is 0 Å². The molecular formula is C19H17N5O3. The summed E-state index contributed by atoms with van der Waals surface area (Å²) in [7, 11) is 0. The van der Waals surface area contributed by atoms with Gasteiger partial charge in [0.1, 0.15) is 11.2 Å². The summed E-state index contributed by atoms with van der Waals surface area (Å²) in [5, 5.41) is 15.1. The molecule has 1 aromatic carbocycles. The van der Waals surface area contributed by atoms with Crippen molar-refractivity contribution in [1.29, 1.82) is 0 Å². The molecule has 1 amide bonds. The summed E-state index contributed by atoms with van der Waals surface area (Å²) in [5.41, 5.74) is 1.75. The largest absolute Gasteiger partial charge is 0.379 e. The average Bonchev–Trinajstić information content (AvgIpc) is 3.16. The lowest BCUT2D eigenvalue weighted by atomic mass is 10.1. The molecule has 1 fully saturated rings. The van der Waals surface area contributed by atoms with Gasteiger partial charge in [-0.2, -0.15) is 0 Å². The van der Waals surface area contributed by atoms with E-state index in [0.717, 1.165) is 12.1 Å². The Balaban J connectivity index is 1.53. The number of nitrogens with one attached hydrogen (secondary N) is 1. The number of carbonyl (C=O) groups excluding carboxylic acids is 1. The zero-order valence-electron chi connectivity index (χ0n) is 14.4. The van der Waals surface area contributed by atoms with Crippen molar-refractivity contribution in [3.8, 4) is 0 Å². The van der Waals surface area contributed by atoms with Crippen LogP contribution in [0.3, 0.4) is 0 Å². The Morgan fingerprint density at radius 2 is 2.00 bits per heavy atom. The summed E-state index contributed by atoms with van der Waals surface area (Å²) < 4.78 is 0. The summed E-state index contributed by atoms with van der Waals surface area (Å²) >= 11 is 0. The van der Waals surface area contributed by atoms with Crippen LogP contribution >= 0.6 is 0 Å². The second-order valence-electron chi connectivity index (χ2n) is 6.39. The van der Waals surface area contributed by atoms with Crippen molar-refractivity contribution in [2.24, 2.45) is 0 Å². The number of hydrogen-bond donors (Lipinski definition) is 1. The van der Waals surface area contributed by atoms with Gasteiger partial charge in [-0.1, -0.05) is 6.07 Å². The number of nitro groups is 1. The van der Waals surface area contributed by atoms with Crippen molar-refractivity contribution in [1.82, 2.24) is 14.9 Å². The minimum atomic E-state index is -0.406. The number of fused-ring (bicyclic) bond motifs is 1. The third-order valence-corrected chi connectivity index (χ3v) is 4.66. The molecule has 3 aromatic rings. The summed E-state index contributed by atoms with van der Waals surface area (Å²) in [6.45, 7) is 1.17. The van der Waals surface area contributed by atoms with E-state index in [9.17, 15) is 14.9 Å². The van der Waals surface area contributed by atoms with Crippen molar-refractivity contribution >= 4 is 28.2 Å². The molecule has 27 heavy (non-hydrogen) atoms. The van der Waals surface area contributed by atoms with Crippen LogP contribution in [0.15, 0.2) is 54.9 Å². The molecule has 1 saturated heterocycles. The van der Waals surface area contributed by atoms with Gasteiger partial charge in [-0.15, -0.1) is 0 Å². The van der Waals surface area contributed by atoms with Crippen LogP contribution in [-0.4, -0.2) is 44.8 Å². The zero-order chi connectivity index (χ0) is 18.8. The van der Waals surface area contributed by atoms with Crippen LogP contribution in [0.2, 0.25) is 0 Å². The maximum absolute atomic E-state index is 12.5. The first kappa shape index (κ1) is 16.9. The molecule has 1 N–H and O–H groups in total. The molecule has 0 radical (unpaired) electrons. The van der Waals surface area contributed by atoms with E-state index in [1.165, 1.54) is 6.07 Å². The summed E-state index contributed by atoms with van der Waals surface area (Å²) in [6.07, 6.45) is 4.00. The van der Waals surface area contributed by atoms with E-state index in [4.69, 9.17) is 0 Å². The Labute approximate surface area is 155 Å². The predicted molar refractivity (Wildman–Crippen MR) is 101 cm³/mol. The lowest BCUT2D eigenvalue weighted by Gasteiger charge is -2.18. The highest BCUT2D eigenvalue weighted by molar-refractivity contribution is 5.97. The number of rotatable bonds is 4. The number of hydrogen-bond acceptors (Lipinski definition) is 6. The Morgan fingerprint density at radius 1 is 1.15 bits per heavy atom. The topological polar surface area (TPSA) is 101 Å². The SMILES string of the molecule is O=C(c1ccccn1)N1CCC(Nc2ccc([N+](=O)[O-])c3cccnc23)C1. The first-order chi connectivity index (χ1) is 13.1. The van der Waals surface area contributed by atoms with E-state index in [2.05, 4.69) is 15.3 Å². The number of likely N-dealkylation sites (tertiary alicyclic amines) is 1. The van der Waals surface area contributed by atoms with E-state index in [1.807, 2.05) is 0 Å². The van der Waals surface area contributed by atoms with Gasteiger partial charge in [0.05, 0.1) is 16.0 Å². The molecule has 3 heterocycles. The van der Waals surface area contributed by atoms with Crippen molar-refractivity contribution < 1.29 is 9.72 Å². The number of nitro benzene ring substituents is 1. The van der Waals surface area contributed by atoms with Crippen molar-refractivity contribution in [2.75, 3.05) is 18.4 Å². The number of nitrogens with zero attached hydrogens (tertiary/aromatic N) is 4. The van der Waals surface area contributed by atoms with Gasteiger partial charge in [0.15, 0.2) is 0 Å². The molecule has 0 saturated carbocycles. The van der Waals surface area contributed by atoms with E-state index in [-0.39, 0.29) is 17.6 Å². The van der Waals surface area contributed by atoms with E-state index >= 15 is 0 Å². The molecule has 1 unspecified atom stereocenters. The minimum Gasteiger partial charge on any atom is -0.379 e. The van der Waals surface area contributed by atoms with Crippen LogP contribution in [0.25, 0.3) is 10.9 Å². The molecular weight excluding hydrogens is 346 g/mol. The number of benzene rings is 1. The second-order valence-corrected chi connectivity index (χ2v) is 6.39. The summed E-state index contributed by atoms with van der Waals surface area (Å²) in [6, 6.07) is 11.9. The van der Waals surface area contributed by atoms with Crippen LogP contribution in [-0.2, 0) is 0 Å². The summed E-state index contributed by atoms with van der Waals surface area (Å²) in [5.74, 6) is -0.0911. The first-order valence-electron chi connectivity index (χ1n) is 8.62. The van der Waals surface area contributed by atoms with Gasteiger partial charge >= 0.3 is 0 Å². The molecule has 2 aromatic heterocycles. The smallest absolute Gasteiger partial charge is 0.278 e. The van der Waals surface area contributed by atoms with Gasteiger partial charge in [-0.05, 0) is 36.8 Å². The highest BCUT2D eigenvalue weighted by atomic mass is 16.6. The van der Waals surface area contributed by atoms with Crippen LogP contribution in [0, 0.1) is 10.1 Å². The first-order valence-corrected chi connectivity index (χ1v) is 8.62. The fourth-order valence-electron chi connectivity index (χ4n) is 3.37. The highest BCUT2D eigenvalue weighted by Crippen LogP contribution is 2.31. The molecule has 1 aliphatic heterocycles. The third-order valence-electron chi connectivity index (χ3n) is 4.66. The van der Waals surface area contributed by atoms with Crippen molar-refractivity contribution in [3.05, 3.63) is 70.7 Å². The monoisotopic (exact) mass is 363 g/mol. The Morgan fingerprint density at radius 3 is 2.78 bits per heavy atom. The standard InChI is InChI=1S/C19H17N5O3/c25-19(16-5-1-2-9-20-16)23-11-8-13(12-23)22-15-6-7-17(24(26)27)14-4-3-10-21-18(14)15/h1-7,9-10,13,22H,8,11-12H2. The van der Waals surface area contributed by atoms with E-state index in [0.29, 0.717) is 29.7 Å². The summed E-state index contributed by atoms with van der Waals surface area (Å²) in [4.78, 5) is 33.5. The minimum absolute atomic E-state index is 0.0297. The molecule has 1 aliphatic rings. The molecule has 8 heteroatoms. The van der Waals surface area contributed by atoms with E-state index in [1.54, 1.807) is 53.7 Å². The number of amides is 1. The molecule has 0 spiro atoms. The molecule has 8 nitrogen and oxygen atoms in total. The molecule has 136 valence electrons. The average molecular weight is 363 g/mol. The number of carbonyl (C=O) groups is 1. The Kier molecular flexibility index (Phi) is 4.37. The predicted octanol–water partition coefficient (Wildman–Crippen LogP) is 2.86. The number of aromatic nitrogens is 2. The molecule has 0 aliphatic carbocycles. The number of non-ortho nitro benzene ring substituents is 1. The Bertz CT molecular complexity index is 1010. The van der Waals surface area contributed by atoms with Gasteiger partial charge in [0, 0.05) is 37.6 Å². The normalized spacial score (nSPS) is 16.4. The maximum atomic E-state index is 12.5. The van der Waals surface area contributed by atoms with Crippen molar-refractivity contribution in [2.45, 2.75) is 12.5 Å². The quantitative estimate of drug-likeness (QED) is 0.565. The lowest BCUT2D eigenvalue weighted by Crippen LogP contribution is -2.32. The Hall–Kier alpha value is -3.55. The van der Waals surface area contributed by atoms with Gasteiger partial charge in [-0.25, -0.2) is 0 Å². The number of anilines is 1. The molecule has 4 rings (SSSR count). The fourth-order valence-corrected chi connectivity index (χ4v) is 3.37. The zero-order valence-corrected chi connectivity index (χ0v) is 14.4. The van der Waals surface area contributed by atoms with Gasteiger partial charge in [-0.3, -0.25) is 24.9 Å². The third kappa shape index (κ3) is 3.29. The van der Waals surface area contributed by atoms with Crippen molar-refractivity contribution in [3.63, 3.8) is 0 Å². The van der Waals surface area contributed by atoms with Crippen LogP contribution in [0.1, 0.15) is 16.9 Å². The van der Waals surface area contributed by atoms with Gasteiger partial charge in [0.2, 0.25) is 0 Å². The fraction of sp³-hybridized carbons (Fsp3) is 0.211.